The average Bonchev–Trinajstić information content (AvgIpc) is 3.46. The molecular weight excluding hydrogens is 640 g/mol. The van der Waals surface area contributed by atoms with Crippen molar-refractivity contribution in [2.24, 2.45) is 0 Å². The number of allylic oxidation sites excluding steroid dienone is 1. The molecule has 3 aliphatic heterocycles. The first-order valence-corrected chi connectivity index (χ1v) is 16.6. The number of amides is 3. The molecule has 1 aromatic rings. The van der Waals surface area contributed by atoms with Gasteiger partial charge in [0, 0.05) is 64.1 Å². The number of aliphatic carboxylic acids is 1. The summed E-state index contributed by atoms with van der Waals surface area (Å²) in [4.78, 5) is 54.5. The molecule has 3 heterocycles. The molecular formula is C34H50N4O11. The zero-order valence-electron chi connectivity index (χ0n) is 28.8. The first-order chi connectivity index (χ1) is 23.0. The Bertz CT molecular complexity index is 1430. The summed E-state index contributed by atoms with van der Waals surface area (Å²) in [5.41, 5.74) is -0.514. The zero-order valence-corrected chi connectivity index (χ0v) is 28.8. The van der Waals surface area contributed by atoms with Crippen LogP contribution in [0.3, 0.4) is 0 Å². The maximum absolute atomic E-state index is 12.9. The van der Waals surface area contributed by atoms with Gasteiger partial charge >= 0.3 is 5.97 Å². The van der Waals surface area contributed by atoms with E-state index >= 15 is 0 Å². The molecule has 0 aliphatic carbocycles. The number of phenolic OH excluding ortho intramolecular Hbond substituents is 1. The van der Waals surface area contributed by atoms with Gasteiger partial charge in [0.25, 0.3) is 5.91 Å². The summed E-state index contributed by atoms with van der Waals surface area (Å²) < 4.78 is 11.9. The van der Waals surface area contributed by atoms with Gasteiger partial charge in [-0.15, -0.1) is 0 Å². The number of benzene rings is 1. The van der Waals surface area contributed by atoms with Gasteiger partial charge in [0.2, 0.25) is 11.8 Å². The van der Waals surface area contributed by atoms with Crippen LogP contribution in [-0.4, -0.2) is 147 Å². The molecule has 7 N–H and O–H groups in total. The summed E-state index contributed by atoms with van der Waals surface area (Å²) in [7, 11) is 0. The number of aliphatic hydroxyl groups excluding tert-OH is 3. The number of carbonyl (C=O) groups is 4. The molecule has 3 saturated heterocycles. The van der Waals surface area contributed by atoms with Gasteiger partial charge in [-0.3, -0.25) is 19.3 Å². The number of aliphatic hydroxyl groups is 3. The molecule has 0 aromatic heterocycles. The van der Waals surface area contributed by atoms with Gasteiger partial charge in [0.05, 0.1) is 37.0 Å². The number of nitrogens with zero attached hydrogens (tertiary/aromatic N) is 2. The summed E-state index contributed by atoms with van der Waals surface area (Å²) in [5, 5.41) is 59.1. The van der Waals surface area contributed by atoms with E-state index in [0.717, 1.165) is 5.57 Å². The van der Waals surface area contributed by atoms with Crippen LogP contribution >= 0.6 is 0 Å². The fourth-order valence-electron chi connectivity index (χ4n) is 7.08. The molecule has 3 amide bonds. The Labute approximate surface area is 285 Å². The topological polar surface area (TPSA) is 218 Å². The van der Waals surface area contributed by atoms with Gasteiger partial charge in [-0.25, -0.2) is 4.79 Å². The molecule has 15 heteroatoms. The van der Waals surface area contributed by atoms with Gasteiger partial charge in [-0.05, 0) is 57.4 Å². The number of carboxylic acid groups (broad SMARTS) is 1. The molecule has 3 aliphatic rings. The van der Waals surface area contributed by atoms with E-state index in [-0.39, 0.29) is 30.2 Å². The smallest absolute Gasteiger partial charge is 0.336 e. The molecule has 0 saturated carbocycles. The van der Waals surface area contributed by atoms with Crippen LogP contribution in [0, 0.1) is 13.8 Å². The van der Waals surface area contributed by atoms with Crippen molar-refractivity contribution in [3.63, 3.8) is 0 Å². The standard InChI is InChI=1S/C34H50N4O11/c1-19(2)12-26(42)37-8-6-33(17-37)18-48-11-10-38(33)9-7-34(32(46)47)15-24(40)27(36-22(5)39)30(49-34)29(44)25(41)16-35-31(45)23-13-20(3)28(43)21(4)14-23/h12-14,24-25,27,29-30,40-41,43-44H,6-11,15-18H2,1-5H3,(H,35,45)(H,36,39)(H,46,47)/t24-,25+,27+,29+,30+,33-,34+/m0/s1. The summed E-state index contributed by atoms with van der Waals surface area (Å²) in [6, 6.07) is 1.67. The lowest BCUT2D eigenvalue weighted by molar-refractivity contribution is -0.231. The highest BCUT2D eigenvalue weighted by molar-refractivity contribution is 5.95. The Morgan fingerprint density at radius 3 is 2.39 bits per heavy atom. The number of ether oxygens (including phenoxy) is 2. The summed E-state index contributed by atoms with van der Waals surface area (Å²) in [6.07, 6.45) is -4.91. The second kappa shape index (κ2) is 15.5. The Hall–Kier alpha value is -3.60. The number of hydrogen-bond acceptors (Lipinski definition) is 11. The van der Waals surface area contributed by atoms with E-state index in [4.69, 9.17) is 9.47 Å². The van der Waals surface area contributed by atoms with Crippen molar-refractivity contribution < 1.29 is 54.2 Å². The van der Waals surface area contributed by atoms with Crippen molar-refractivity contribution in [2.75, 3.05) is 45.9 Å². The monoisotopic (exact) mass is 690 g/mol. The van der Waals surface area contributed by atoms with Crippen LogP contribution in [0.1, 0.15) is 61.5 Å². The van der Waals surface area contributed by atoms with Crippen molar-refractivity contribution in [1.29, 1.82) is 0 Å². The summed E-state index contributed by atoms with van der Waals surface area (Å²) >= 11 is 0. The van der Waals surface area contributed by atoms with Gasteiger partial charge in [0.1, 0.15) is 18.0 Å². The third-order valence-electron chi connectivity index (χ3n) is 9.77. The fourth-order valence-corrected chi connectivity index (χ4v) is 7.08. The van der Waals surface area contributed by atoms with E-state index in [1.165, 1.54) is 19.1 Å². The van der Waals surface area contributed by atoms with E-state index < -0.39 is 72.3 Å². The van der Waals surface area contributed by atoms with Crippen LogP contribution in [-0.2, 0) is 23.9 Å². The number of carboxylic acids is 1. The third-order valence-corrected chi connectivity index (χ3v) is 9.77. The van der Waals surface area contributed by atoms with Gasteiger partial charge < -0.3 is 50.5 Å². The van der Waals surface area contributed by atoms with E-state index in [9.17, 15) is 44.7 Å². The predicted molar refractivity (Wildman–Crippen MR) is 176 cm³/mol. The number of rotatable bonds is 11. The molecule has 49 heavy (non-hydrogen) atoms. The number of phenols is 1. The van der Waals surface area contributed by atoms with E-state index in [1.807, 2.05) is 13.8 Å². The van der Waals surface area contributed by atoms with Crippen molar-refractivity contribution in [3.05, 3.63) is 40.5 Å². The highest BCUT2D eigenvalue weighted by Crippen LogP contribution is 2.38. The summed E-state index contributed by atoms with van der Waals surface area (Å²) in [5.74, 6) is -2.61. The maximum Gasteiger partial charge on any atom is 0.336 e. The Morgan fingerprint density at radius 1 is 1.10 bits per heavy atom. The molecule has 1 spiro atoms. The van der Waals surface area contributed by atoms with Crippen molar-refractivity contribution in [3.8, 4) is 5.75 Å². The fraction of sp³-hybridized carbons (Fsp3) is 0.647. The second-order valence-corrected chi connectivity index (χ2v) is 13.9. The van der Waals surface area contributed by atoms with E-state index in [0.29, 0.717) is 50.4 Å². The first-order valence-electron chi connectivity index (χ1n) is 16.6. The van der Waals surface area contributed by atoms with Gasteiger partial charge in [0.15, 0.2) is 5.60 Å². The Morgan fingerprint density at radius 2 is 1.78 bits per heavy atom. The molecule has 3 fully saturated rings. The van der Waals surface area contributed by atoms with Crippen LogP contribution in [0.2, 0.25) is 0 Å². The number of morpholine rings is 1. The predicted octanol–water partition coefficient (Wildman–Crippen LogP) is -0.402. The average molecular weight is 691 g/mol. The lowest BCUT2D eigenvalue weighted by Gasteiger charge is -2.49. The molecule has 272 valence electrons. The quantitative estimate of drug-likeness (QED) is 0.148. The van der Waals surface area contributed by atoms with Crippen LogP contribution < -0.4 is 10.6 Å². The molecule has 15 nitrogen and oxygen atoms in total. The van der Waals surface area contributed by atoms with Crippen LogP contribution in [0.4, 0.5) is 0 Å². The highest BCUT2D eigenvalue weighted by atomic mass is 16.6. The third kappa shape index (κ3) is 8.59. The molecule has 7 atom stereocenters. The summed E-state index contributed by atoms with van der Waals surface area (Å²) in [6.45, 7) is 10.0. The number of aromatic hydroxyl groups is 1. The van der Waals surface area contributed by atoms with Crippen LogP contribution in [0.5, 0.6) is 5.75 Å². The van der Waals surface area contributed by atoms with Gasteiger partial charge in [-0.1, -0.05) is 5.57 Å². The maximum atomic E-state index is 12.9. The molecule has 1 aromatic carbocycles. The SMILES string of the molecule is CC(=O)N[C@H]1[C@H]([C@H](O)[C@H](O)CNC(=O)c2cc(C)c(O)c(C)c2)O[C@@](CCN2CCOC[C@@]23CCN(C(=O)C=C(C)C)C3)(C(=O)O)C[C@@H]1O. The first kappa shape index (κ1) is 38.2. The minimum Gasteiger partial charge on any atom is -0.507 e. The number of aryl methyl sites for hydroxylation is 2. The number of carbonyl (C=O) groups excluding carboxylic acids is 3. The molecule has 4 rings (SSSR count). The van der Waals surface area contributed by atoms with Crippen LogP contribution in [0.15, 0.2) is 23.8 Å². The second-order valence-electron chi connectivity index (χ2n) is 13.9. The molecule has 0 unspecified atom stereocenters. The number of nitrogens with one attached hydrogen (secondary N) is 2. The largest absolute Gasteiger partial charge is 0.507 e. The Kier molecular flexibility index (Phi) is 12.1. The highest BCUT2D eigenvalue weighted by Gasteiger charge is 2.55. The lowest BCUT2D eigenvalue weighted by Crippen LogP contribution is -2.68. The minimum atomic E-state index is -2.01. The van der Waals surface area contributed by atoms with Gasteiger partial charge in [-0.2, -0.15) is 0 Å². The van der Waals surface area contributed by atoms with Crippen molar-refractivity contribution >= 4 is 23.7 Å². The number of likely N-dealkylation sites (tertiary alicyclic amines) is 1. The van der Waals surface area contributed by atoms with Crippen molar-refractivity contribution in [2.45, 2.75) is 95.5 Å². The zero-order chi connectivity index (χ0) is 36.3. The lowest BCUT2D eigenvalue weighted by atomic mass is 9.81. The Balaban J connectivity index is 1.51. The van der Waals surface area contributed by atoms with E-state index in [2.05, 4.69) is 15.5 Å². The molecule has 0 bridgehead atoms. The normalized spacial score (nSPS) is 28.5. The van der Waals surface area contributed by atoms with E-state index in [1.54, 1.807) is 24.8 Å². The molecule has 0 radical (unpaired) electrons. The minimum absolute atomic E-state index is 0.0505. The number of hydrogen-bond donors (Lipinski definition) is 7. The van der Waals surface area contributed by atoms with Crippen molar-refractivity contribution in [1.82, 2.24) is 20.4 Å². The van der Waals surface area contributed by atoms with Crippen LogP contribution in [0.25, 0.3) is 0 Å².